The molecule has 0 saturated carbocycles. The smallest absolute Gasteiger partial charge is 0.323 e. The van der Waals surface area contributed by atoms with Crippen molar-refractivity contribution in [2.24, 2.45) is 0 Å². The number of benzene rings is 3. The van der Waals surface area contributed by atoms with Gasteiger partial charge in [-0.3, -0.25) is 4.79 Å². The number of fused-ring (bicyclic) bond motifs is 1. The van der Waals surface area contributed by atoms with Crippen LogP contribution in [0, 0.1) is 20.8 Å². The minimum atomic E-state index is -0.305. The van der Waals surface area contributed by atoms with Gasteiger partial charge in [-0.05, 0) is 74.4 Å². The summed E-state index contributed by atoms with van der Waals surface area (Å²) in [6.45, 7) is 6.01. The number of carbonyl (C=O) groups is 2. The molecule has 33 heavy (non-hydrogen) atoms. The first kappa shape index (κ1) is 22.8. The predicted octanol–water partition coefficient (Wildman–Crippen LogP) is 6.60. The number of carbonyl (C=O) groups excluding carboxylic acids is 2. The van der Waals surface area contributed by atoms with Crippen LogP contribution in [-0.2, 0) is 4.79 Å². The fourth-order valence-electron chi connectivity index (χ4n) is 3.34. The third-order valence-electron chi connectivity index (χ3n) is 4.77. The topological polar surface area (TPSA) is 83.1 Å². The summed E-state index contributed by atoms with van der Waals surface area (Å²) in [5.74, 6) is 0.205. The van der Waals surface area contributed by atoms with Crippen molar-refractivity contribution in [1.29, 1.82) is 0 Å². The third kappa shape index (κ3) is 6.34. The monoisotopic (exact) mass is 476 g/mol. The van der Waals surface area contributed by atoms with Gasteiger partial charge in [0.1, 0.15) is 0 Å². The highest BCUT2D eigenvalue weighted by molar-refractivity contribution is 8.01. The van der Waals surface area contributed by atoms with Gasteiger partial charge in [0, 0.05) is 17.1 Å². The SMILES string of the molecule is Cc1ccc(NC(=O)Nc2ccc3nc(SCC(=O)Nc4cc(C)cc(C)c4)sc3c2)cc1. The van der Waals surface area contributed by atoms with E-state index >= 15 is 0 Å². The van der Waals surface area contributed by atoms with Gasteiger partial charge in [-0.25, -0.2) is 9.78 Å². The summed E-state index contributed by atoms with van der Waals surface area (Å²) in [5, 5.41) is 8.61. The molecule has 168 valence electrons. The number of thiazole rings is 1. The zero-order valence-corrected chi connectivity index (χ0v) is 20.2. The summed E-state index contributed by atoms with van der Waals surface area (Å²) in [7, 11) is 0. The van der Waals surface area contributed by atoms with Gasteiger partial charge in [-0.2, -0.15) is 0 Å². The van der Waals surface area contributed by atoms with Crippen LogP contribution in [0.5, 0.6) is 0 Å². The summed E-state index contributed by atoms with van der Waals surface area (Å²) in [4.78, 5) is 29.2. The van der Waals surface area contributed by atoms with E-state index in [0.29, 0.717) is 5.69 Å². The van der Waals surface area contributed by atoms with E-state index in [2.05, 4.69) is 27.0 Å². The summed E-state index contributed by atoms with van der Waals surface area (Å²) in [6, 6.07) is 18.9. The summed E-state index contributed by atoms with van der Waals surface area (Å²) < 4.78 is 1.75. The Morgan fingerprint density at radius 1 is 0.788 bits per heavy atom. The minimum Gasteiger partial charge on any atom is -0.325 e. The zero-order valence-electron chi connectivity index (χ0n) is 18.6. The number of urea groups is 1. The number of anilines is 3. The molecule has 3 aromatic carbocycles. The summed E-state index contributed by atoms with van der Waals surface area (Å²) in [5.41, 5.74) is 6.41. The molecule has 4 rings (SSSR count). The Morgan fingerprint density at radius 2 is 1.45 bits per heavy atom. The number of aromatic nitrogens is 1. The molecule has 4 aromatic rings. The van der Waals surface area contributed by atoms with E-state index in [-0.39, 0.29) is 17.7 Å². The van der Waals surface area contributed by atoms with Crippen LogP contribution >= 0.6 is 23.1 Å². The van der Waals surface area contributed by atoms with Gasteiger partial charge in [0.2, 0.25) is 5.91 Å². The molecule has 3 amide bonds. The molecule has 0 spiro atoms. The van der Waals surface area contributed by atoms with E-state index in [4.69, 9.17) is 0 Å². The molecule has 0 aliphatic rings. The molecule has 0 atom stereocenters. The lowest BCUT2D eigenvalue weighted by molar-refractivity contribution is -0.113. The van der Waals surface area contributed by atoms with E-state index in [1.807, 2.05) is 75.4 Å². The van der Waals surface area contributed by atoms with E-state index in [1.165, 1.54) is 23.1 Å². The van der Waals surface area contributed by atoms with Crippen molar-refractivity contribution in [2.45, 2.75) is 25.1 Å². The van der Waals surface area contributed by atoms with Gasteiger partial charge >= 0.3 is 6.03 Å². The van der Waals surface area contributed by atoms with Crippen molar-refractivity contribution in [3.8, 4) is 0 Å². The Hall–Kier alpha value is -3.36. The van der Waals surface area contributed by atoms with Gasteiger partial charge in [0.05, 0.1) is 16.0 Å². The minimum absolute atomic E-state index is 0.0700. The van der Waals surface area contributed by atoms with E-state index in [1.54, 1.807) is 0 Å². The number of rotatable bonds is 6. The van der Waals surface area contributed by atoms with Crippen LogP contribution in [0.3, 0.4) is 0 Å². The van der Waals surface area contributed by atoms with Gasteiger partial charge in [-0.15, -0.1) is 11.3 Å². The Morgan fingerprint density at radius 3 is 2.18 bits per heavy atom. The first-order valence-corrected chi connectivity index (χ1v) is 12.2. The molecule has 0 unspecified atom stereocenters. The highest BCUT2D eigenvalue weighted by Crippen LogP contribution is 2.31. The van der Waals surface area contributed by atoms with Crippen molar-refractivity contribution in [2.75, 3.05) is 21.7 Å². The average molecular weight is 477 g/mol. The molecular weight excluding hydrogens is 452 g/mol. The molecule has 6 nitrogen and oxygen atoms in total. The fourth-order valence-corrected chi connectivity index (χ4v) is 5.25. The Kier molecular flexibility index (Phi) is 6.96. The molecule has 0 aliphatic heterocycles. The maximum absolute atomic E-state index is 12.4. The fraction of sp³-hybridized carbons (Fsp3) is 0.160. The number of thioether (sulfide) groups is 1. The first-order valence-electron chi connectivity index (χ1n) is 10.4. The van der Waals surface area contributed by atoms with Gasteiger partial charge in [0.15, 0.2) is 4.34 Å². The molecule has 0 bridgehead atoms. The van der Waals surface area contributed by atoms with E-state index < -0.39 is 0 Å². The van der Waals surface area contributed by atoms with Gasteiger partial charge in [-0.1, -0.05) is 35.5 Å². The highest BCUT2D eigenvalue weighted by atomic mass is 32.2. The largest absolute Gasteiger partial charge is 0.325 e. The van der Waals surface area contributed by atoms with Crippen LogP contribution < -0.4 is 16.0 Å². The second-order valence-corrected chi connectivity index (χ2v) is 10.1. The highest BCUT2D eigenvalue weighted by Gasteiger charge is 2.10. The molecule has 0 aliphatic carbocycles. The Labute approximate surface area is 200 Å². The average Bonchev–Trinajstić information content (AvgIpc) is 3.15. The molecule has 0 radical (unpaired) electrons. The zero-order chi connectivity index (χ0) is 23.4. The third-order valence-corrected chi connectivity index (χ3v) is 6.93. The maximum atomic E-state index is 12.4. The molecule has 3 N–H and O–H groups in total. The van der Waals surface area contributed by atoms with Gasteiger partial charge < -0.3 is 16.0 Å². The van der Waals surface area contributed by atoms with Crippen molar-refractivity contribution in [3.63, 3.8) is 0 Å². The van der Waals surface area contributed by atoms with Crippen LogP contribution in [0.1, 0.15) is 16.7 Å². The van der Waals surface area contributed by atoms with Crippen LogP contribution in [0.25, 0.3) is 10.2 Å². The van der Waals surface area contributed by atoms with Crippen molar-refractivity contribution in [3.05, 3.63) is 77.4 Å². The number of nitrogens with zero attached hydrogens (tertiary/aromatic N) is 1. The second kappa shape index (κ2) is 10.1. The molecule has 1 aromatic heterocycles. The number of hydrogen-bond donors (Lipinski definition) is 3. The lowest BCUT2D eigenvalue weighted by Gasteiger charge is -2.07. The normalized spacial score (nSPS) is 10.8. The molecule has 8 heteroatoms. The quantitative estimate of drug-likeness (QED) is 0.274. The maximum Gasteiger partial charge on any atom is 0.323 e. The molecule has 1 heterocycles. The van der Waals surface area contributed by atoms with Crippen LogP contribution in [-0.4, -0.2) is 22.7 Å². The lowest BCUT2D eigenvalue weighted by Crippen LogP contribution is -2.19. The molecular formula is C25H24N4O2S2. The van der Waals surface area contributed by atoms with E-state index in [0.717, 1.165) is 42.6 Å². The van der Waals surface area contributed by atoms with Crippen molar-refractivity contribution >= 4 is 62.3 Å². The Balaban J connectivity index is 1.34. The summed E-state index contributed by atoms with van der Waals surface area (Å²) >= 11 is 2.90. The number of aryl methyl sites for hydroxylation is 3. The van der Waals surface area contributed by atoms with Gasteiger partial charge in [0.25, 0.3) is 0 Å². The van der Waals surface area contributed by atoms with Crippen LogP contribution in [0.4, 0.5) is 21.9 Å². The van der Waals surface area contributed by atoms with Crippen molar-refractivity contribution < 1.29 is 9.59 Å². The summed E-state index contributed by atoms with van der Waals surface area (Å²) in [6.07, 6.45) is 0. The molecule has 0 saturated heterocycles. The number of hydrogen-bond acceptors (Lipinski definition) is 5. The van der Waals surface area contributed by atoms with Crippen molar-refractivity contribution in [1.82, 2.24) is 4.98 Å². The standard InChI is InChI=1S/C25H24N4O2S2/c1-15-4-6-18(7-5-15)27-24(31)28-19-8-9-21-22(13-19)33-25(29-21)32-14-23(30)26-20-11-16(2)10-17(3)12-20/h4-13H,14H2,1-3H3,(H,26,30)(H2,27,28,31). The predicted molar refractivity (Wildman–Crippen MR) is 139 cm³/mol. The Bertz CT molecular complexity index is 1300. The first-order chi connectivity index (χ1) is 15.8. The van der Waals surface area contributed by atoms with Crippen LogP contribution in [0.2, 0.25) is 0 Å². The molecule has 0 fully saturated rings. The van der Waals surface area contributed by atoms with Crippen LogP contribution in [0.15, 0.2) is 65.0 Å². The van der Waals surface area contributed by atoms with E-state index in [9.17, 15) is 9.59 Å². The second-order valence-electron chi connectivity index (χ2n) is 7.82. The number of nitrogens with one attached hydrogen (secondary N) is 3. The number of amides is 3. The lowest BCUT2D eigenvalue weighted by atomic mass is 10.1.